The number of benzene rings is 1. The van der Waals surface area contributed by atoms with Crippen LogP contribution in [-0.4, -0.2) is 64.7 Å². The summed E-state index contributed by atoms with van der Waals surface area (Å²) in [5.74, 6) is -0.0420. The first-order chi connectivity index (χ1) is 10.1. The van der Waals surface area contributed by atoms with Crippen molar-refractivity contribution in [3.63, 3.8) is 0 Å². The molecule has 1 fully saturated rings. The Morgan fingerprint density at radius 1 is 1.29 bits per heavy atom. The number of aryl methyl sites for hydroxylation is 1. The van der Waals surface area contributed by atoms with Crippen molar-refractivity contribution in [2.45, 2.75) is 26.3 Å². The maximum absolute atomic E-state index is 12.5. The summed E-state index contributed by atoms with van der Waals surface area (Å²) in [6.07, 6.45) is 0.906. The Morgan fingerprint density at radius 3 is 2.52 bits per heavy atom. The van der Waals surface area contributed by atoms with Gasteiger partial charge in [0.25, 0.3) is 5.91 Å². The van der Waals surface area contributed by atoms with E-state index < -0.39 is 0 Å². The molecule has 1 aliphatic rings. The average molecular weight is 292 g/mol. The van der Waals surface area contributed by atoms with Gasteiger partial charge in [0.15, 0.2) is 0 Å². The largest absolute Gasteiger partial charge is 0.507 e. The lowest BCUT2D eigenvalue weighted by molar-refractivity contribution is 0.0470. The van der Waals surface area contributed by atoms with Crippen LogP contribution in [0.2, 0.25) is 0 Å². The number of piperazine rings is 1. The topological polar surface area (TPSA) is 64.0 Å². The summed E-state index contributed by atoms with van der Waals surface area (Å²) in [5.41, 5.74) is 1.09. The minimum atomic E-state index is -0.118. The van der Waals surface area contributed by atoms with Crippen molar-refractivity contribution in [2.75, 3.05) is 32.8 Å². The Morgan fingerprint density at radius 2 is 1.95 bits per heavy atom. The number of aliphatic hydroxyl groups excluding tert-OH is 1. The number of carbonyl (C=O) groups excluding carboxylic acids is 1. The molecule has 0 aromatic heterocycles. The van der Waals surface area contributed by atoms with Gasteiger partial charge in [0.1, 0.15) is 5.75 Å². The molecule has 1 aromatic carbocycles. The molecule has 1 aliphatic heterocycles. The Bertz CT molecular complexity index is 492. The van der Waals surface area contributed by atoms with E-state index in [-0.39, 0.29) is 24.3 Å². The lowest BCUT2D eigenvalue weighted by Crippen LogP contribution is -2.52. The Balaban J connectivity index is 2.02. The van der Waals surface area contributed by atoms with Gasteiger partial charge in [-0.1, -0.05) is 19.1 Å². The molecule has 1 atom stereocenters. The molecule has 21 heavy (non-hydrogen) atoms. The van der Waals surface area contributed by atoms with Gasteiger partial charge in [-0.2, -0.15) is 0 Å². The fraction of sp³-hybridized carbons (Fsp3) is 0.562. The zero-order valence-corrected chi connectivity index (χ0v) is 12.7. The second kappa shape index (κ2) is 6.91. The quantitative estimate of drug-likeness (QED) is 0.876. The van der Waals surface area contributed by atoms with E-state index in [4.69, 9.17) is 0 Å². The molecule has 2 N–H and O–H groups in total. The zero-order valence-electron chi connectivity index (χ0n) is 12.7. The highest BCUT2D eigenvalue weighted by Crippen LogP contribution is 2.23. The van der Waals surface area contributed by atoms with Crippen molar-refractivity contribution in [1.29, 1.82) is 0 Å². The molecule has 1 aromatic rings. The lowest BCUT2D eigenvalue weighted by Gasteiger charge is -2.38. The summed E-state index contributed by atoms with van der Waals surface area (Å²) in [4.78, 5) is 16.5. The summed E-state index contributed by atoms with van der Waals surface area (Å²) in [6, 6.07) is 5.42. The molecule has 116 valence electrons. The van der Waals surface area contributed by atoms with Crippen molar-refractivity contribution in [3.8, 4) is 5.75 Å². The monoisotopic (exact) mass is 292 g/mol. The molecule has 1 saturated heterocycles. The summed E-state index contributed by atoms with van der Waals surface area (Å²) >= 11 is 0. The van der Waals surface area contributed by atoms with Crippen LogP contribution in [0.25, 0.3) is 0 Å². The number of rotatable bonds is 4. The molecule has 0 bridgehead atoms. The fourth-order valence-electron chi connectivity index (χ4n) is 2.79. The number of carbonyl (C=O) groups is 1. The van der Waals surface area contributed by atoms with E-state index in [1.165, 1.54) is 0 Å². The second-order valence-corrected chi connectivity index (χ2v) is 5.54. The van der Waals surface area contributed by atoms with E-state index in [0.29, 0.717) is 24.2 Å². The predicted molar refractivity (Wildman–Crippen MR) is 81.5 cm³/mol. The van der Waals surface area contributed by atoms with Crippen molar-refractivity contribution in [3.05, 3.63) is 29.3 Å². The van der Waals surface area contributed by atoms with E-state index in [0.717, 1.165) is 19.5 Å². The van der Waals surface area contributed by atoms with Gasteiger partial charge in [0.2, 0.25) is 0 Å². The summed E-state index contributed by atoms with van der Waals surface area (Å²) in [6.45, 7) is 6.78. The smallest absolute Gasteiger partial charge is 0.257 e. The van der Waals surface area contributed by atoms with E-state index in [2.05, 4.69) is 11.8 Å². The Labute approximate surface area is 125 Å². The molecule has 5 heteroatoms. The van der Waals surface area contributed by atoms with Crippen LogP contribution in [-0.2, 0) is 0 Å². The van der Waals surface area contributed by atoms with E-state index in [1.54, 1.807) is 30.0 Å². The Hall–Kier alpha value is -1.59. The number of hydrogen-bond donors (Lipinski definition) is 2. The number of para-hydroxylation sites is 1. The van der Waals surface area contributed by atoms with Gasteiger partial charge < -0.3 is 15.1 Å². The van der Waals surface area contributed by atoms with Crippen LogP contribution < -0.4 is 0 Å². The molecule has 0 saturated carbocycles. The number of phenols is 1. The number of hydrogen-bond acceptors (Lipinski definition) is 4. The highest BCUT2D eigenvalue weighted by molar-refractivity contribution is 5.97. The molecular weight excluding hydrogens is 268 g/mol. The zero-order chi connectivity index (χ0) is 15.4. The van der Waals surface area contributed by atoms with Crippen LogP contribution in [0.1, 0.15) is 29.3 Å². The van der Waals surface area contributed by atoms with Crippen LogP contribution >= 0.6 is 0 Å². The number of phenolic OH excluding ortho intramolecular Hbond substituents is 1. The molecule has 0 spiro atoms. The Kier molecular flexibility index (Phi) is 5.20. The van der Waals surface area contributed by atoms with Crippen LogP contribution in [0.5, 0.6) is 5.75 Å². The van der Waals surface area contributed by atoms with Crippen LogP contribution in [0, 0.1) is 6.92 Å². The van der Waals surface area contributed by atoms with Gasteiger partial charge in [0, 0.05) is 32.2 Å². The van der Waals surface area contributed by atoms with Crippen molar-refractivity contribution < 1.29 is 15.0 Å². The third-order valence-electron chi connectivity index (χ3n) is 4.27. The predicted octanol–water partition coefficient (Wildman–Crippen LogP) is 1.23. The van der Waals surface area contributed by atoms with E-state index >= 15 is 0 Å². The average Bonchev–Trinajstić information content (AvgIpc) is 2.51. The normalized spacial score (nSPS) is 17.8. The van der Waals surface area contributed by atoms with Gasteiger partial charge in [0.05, 0.1) is 12.2 Å². The minimum absolute atomic E-state index is 0.0757. The molecule has 5 nitrogen and oxygen atoms in total. The second-order valence-electron chi connectivity index (χ2n) is 5.54. The molecule has 0 radical (unpaired) electrons. The molecule has 0 unspecified atom stereocenters. The lowest BCUT2D eigenvalue weighted by atomic mass is 10.1. The molecule has 2 rings (SSSR count). The van der Waals surface area contributed by atoms with Crippen LogP contribution in [0.15, 0.2) is 18.2 Å². The molecule has 1 amide bonds. The highest BCUT2D eigenvalue weighted by atomic mass is 16.3. The third-order valence-corrected chi connectivity index (χ3v) is 4.27. The minimum Gasteiger partial charge on any atom is -0.507 e. The fourth-order valence-corrected chi connectivity index (χ4v) is 2.79. The maximum atomic E-state index is 12.5. The number of aliphatic hydroxyl groups is 1. The third kappa shape index (κ3) is 3.36. The van der Waals surface area contributed by atoms with Gasteiger partial charge in [-0.15, -0.1) is 0 Å². The number of amides is 1. The van der Waals surface area contributed by atoms with E-state index in [1.807, 2.05) is 0 Å². The SMILES string of the molecule is CC[C@H](CO)N1CCN(C(=O)c2cccc(C)c2O)CC1. The maximum Gasteiger partial charge on any atom is 0.257 e. The van der Waals surface area contributed by atoms with Gasteiger partial charge in [-0.05, 0) is 25.0 Å². The first-order valence-electron chi connectivity index (χ1n) is 7.51. The van der Waals surface area contributed by atoms with E-state index in [9.17, 15) is 15.0 Å². The molecule has 0 aliphatic carbocycles. The summed E-state index contributed by atoms with van der Waals surface area (Å²) in [7, 11) is 0. The van der Waals surface area contributed by atoms with Gasteiger partial charge >= 0.3 is 0 Å². The van der Waals surface area contributed by atoms with Crippen molar-refractivity contribution in [2.24, 2.45) is 0 Å². The van der Waals surface area contributed by atoms with Crippen LogP contribution in [0.4, 0.5) is 0 Å². The van der Waals surface area contributed by atoms with Crippen LogP contribution in [0.3, 0.4) is 0 Å². The number of aromatic hydroxyl groups is 1. The first kappa shape index (κ1) is 15.8. The summed E-state index contributed by atoms with van der Waals surface area (Å²) in [5, 5.41) is 19.4. The van der Waals surface area contributed by atoms with Gasteiger partial charge in [-0.3, -0.25) is 9.69 Å². The van der Waals surface area contributed by atoms with Crippen molar-refractivity contribution in [1.82, 2.24) is 9.80 Å². The molecular formula is C16H24N2O3. The molecule has 1 heterocycles. The van der Waals surface area contributed by atoms with Crippen molar-refractivity contribution >= 4 is 5.91 Å². The standard InChI is InChI=1S/C16H24N2O3/c1-3-13(11-19)17-7-9-18(10-8-17)16(21)14-6-4-5-12(2)15(14)20/h4-6,13,19-20H,3,7-11H2,1-2H3/t13-/m1/s1. The summed E-state index contributed by atoms with van der Waals surface area (Å²) < 4.78 is 0. The highest BCUT2D eigenvalue weighted by Gasteiger charge is 2.26. The first-order valence-corrected chi connectivity index (χ1v) is 7.51. The number of nitrogens with zero attached hydrogens (tertiary/aromatic N) is 2. The van der Waals surface area contributed by atoms with Gasteiger partial charge in [-0.25, -0.2) is 0 Å².